The third-order valence-electron chi connectivity index (χ3n) is 4.12. The maximum absolute atomic E-state index is 11.8. The number of amides is 1. The van der Waals surface area contributed by atoms with Crippen molar-refractivity contribution < 1.29 is 4.79 Å². The molecule has 0 spiro atoms. The second-order valence-electron chi connectivity index (χ2n) is 5.85. The van der Waals surface area contributed by atoms with Crippen LogP contribution in [-0.4, -0.2) is 36.5 Å². The molecule has 1 saturated carbocycles. The zero-order valence-corrected chi connectivity index (χ0v) is 11.1. The maximum Gasteiger partial charge on any atom is 0.221 e. The van der Waals surface area contributed by atoms with Gasteiger partial charge in [-0.3, -0.25) is 4.79 Å². The molecule has 3 nitrogen and oxygen atoms in total. The highest BCUT2D eigenvalue weighted by Gasteiger charge is 2.19. The highest BCUT2D eigenvalue weighted by atomic mass is 16.1. The largest absolute Gasteiger partial charge is 0.353 e. The molecule has 1 N–H and O–H groups in total. The average Bonchev–Trinajstić information content (AvgIpc) is 2.79. The van der Waals surface area contributed by atoms with Crippen molar-refractivity contribution >= 4 is 5.91 Å². The lowest BCUT2D eigenvalue weighted by molar-refractivity contribution is -0.122. The van der Waals surface area contributed by atoms with Gasteiger partial charge in [0.25, 0.3) is 0 Å². The number of hydrogen-bond acceptors (Lipinski definition) is 2. The van der Waals surface area contributed by atoms with E-state index >= 15 is 0 Å². The molecule has 1 aliphatic heterocycles. The smallest absolute Gasteiger partial charge is 0.221 e. The highest BCUT2D eigenvalue weighted by molar-refractivity contribution is 5.76. The number of nitrogens with zero attached hydrogens (tertiary/aromatic N) is 1. The van der Waals surface area contributed by atoms with Crippen LogP contribution in [0.1, 0.15) is 51.9 Å². The van der Waals surface area contributed by atoms with Crippen molar-refractivity contribution in [3.63, 3.8) is 0 Å². The van der Waals surface area contributed by atoms with E-state index in [2.05, 4.69) is 17.1 Å². The topological polar surface area (TPSA) is 32.3 Å². The second kappa shape index (κ2) is 6.39. The van der Waals surface area contributed by atoms with E-state index in [1.807, 2.05) is 0 Å². The number of likely N-dealkylation sites (tertiary alicyclic amines) is 1. The van der Waals surface area contributed by atoms with Gasteiger partial charge in [0.1, 0.15) is 0 Å². The molecule has 1 saturated heterocycles. The average molecular weight is 238 g/mol. The Kier molecular flexibility index (Phi) is 4.84. The summed E-state index contributed by atoms with van der Waals surface area (Å²) in [6.07, 6.45) is 8.28. The van der Waals surface area contributed by atoms with Crippen molar-refractivity contribution in [2.45, 2.75) is 57.9 Å². The molecule has 0 bridgehead atoms. The quantitative estimate of drug-likeness (QED) is 0.814. The fourth-order valence-electron chi connectivity index (χ4n) is 3.12. The van der Waals surface area contributed by atoms with E-state index in [9.17, 15) is 4.79 Å². The van der Waals surface area contributed by atoms with Gasteiger partial charge >= 0.3 is 0 Å². The molecule has 1 aliphatic carbocycles. The molecule has 1 amide bonds. The van der Waals surface area contributed by atoms with Gasteiger partial charge in [0, 0.05) is 25.6 Å². The van der Waals surface area contributed by atoms with Crippen LogP contribution in [0.4, 0.5) is 0 Å². The van der Waals surface area contributed by atoms with E-state index in [0.717, 1.165) is 12.5 Å². The summed E-state index contributed by atoms with van der Waals surface area (Å²) in [5.41, 5.74) is 0. The van der Waals surface area contributed by atoms with Gasteiger partial charge in [0.05, 0.1) is 0 Å². The highest BCUT2D eigenvalue weighted by Crippen LogP contribution is 2.18. The molecule has 2 aliphatic rings. The fourth-order valence-corrected chi connectivity index (χ4v) is 3.12. The molecule has 1 atom stereocenters. The Labute approximate surface area is 105 Å². The lowest BCUT2D eigenvalue weighted by Gasteiger charge is -2.30. The number of piperidine rings is 1. The summed E-state index contributed by atoms with van der Waals surface area (Å²) in [6.45, 7) is 5.62. The van der Waals surface area contributed by atoms with Crippen LogP contribution in [0.15, 0.2) is 0 Å². The van der Waals surface area contributed by atoms with E-state index in [-0.39, 0.29) is 5.91 Å². The standard InChI is InChI=1S/C14H26N2O/c1-12-5-4-9-16(11-12)10-8-14(17)15-13-6-2-3-7-13/h12-13H,2-11H2,1H3,(H,15,17). The third-order valence-corrected chi connectivity index (χ3v) is 4.12. The SMILES string of the molecule is CC1CCCN(CCC(=O)NC2CCCC2)C1. The summed E-state index contributed by atoms with van der Waals surface area (Å²) in [7, 11) is 0. The van der Waals surface area contributed by atoms with E-state index < -0.39 is 0 Å². The summed E-state index contributed by atoms with van der Waals surface area (Å²) in [6, 6.07) is 0.475. The van der Waals surface area contributed by atoms with E-state index in [1.165, 1.54) is 51.6 Å². The van der Waals surface area contributed by atoms with Crippen LogP contribution in [-0.2, 0) is 4.79 Å². The molecule has 0 aromatic rings. The van der Waals surface area contributed by atoms with E-state index in [4.69, 9.17) is 0 Å². The Morgan fingerprint density at radius 1 is 1.24 bits per heavy atom. The molecule has 2 rings (SSSR count). The van der Waals surface area contributed by atoms with Gasteiger partial charge in [0.2, 0.25) is 5.91 Å². The minimum Gasteiger partial charge on any atom is -0.353 e. The van der Waals surface area contributed by atoms with Gasteiger partial charge in [-0.25, -0.2) is 0 Å². The Hall–Kier alpha value is -0.570. The first-order valence-corrected chi connectivity index (χ1v) is 7.26. The lowest BCUT2D eigenvalue weighted by Crippen LogP contribution is -2.39. The van der Waals surface area contributed by atoms with E-state index in [1.54, 1.807) is 0 Å². The Morgan fingerprint density at radius 2 is 2.00 bits per heavy atom. The van der Waals surface area contributed by atoms with Crippen molar-refractivity contribution in [1.29, 1.82) is 0 Å². The molecule has 0 aromatic carbocycles. The van der Waals surface area contributed by atoms with Crippen LogP contribution >= 0.6 is 0 Å². The number of hydrogen-bond donors (Lipinski definition) is 1. The molecule has 17 heavy (non-hydrogen) atoms. The van der Waals surface area contributed by atoms with Crippen LogP contribution in [0.3, 0.4) is 0 Å². The third kappa shape index (κ3) is 4.30. The Bertz CT molecular complexity index is 249. The summed E-state index contributed by atoms with van der Waals surface area (Å²) in [4.78, 5) is 14.2. The summed E-state index contributed by atoms with van der Waals surface area (Å²) >= 11 is 0. The van der Waals surface area contributed by atoms with Crippen molar-refractivity contribution in [2.75, 3.05) is 19.6 Å². The fraction of sp³-hybridized carbons (Fsp3) is 0.929. The summed E-state index contributed by atoms with van der Waals surface area (Å²) < 4.78 is 0. The molecule has 0 radical (unpaired) electrons. The van der Waals surface area contributed by atoms with Gasteiger partial charge in [-0.15, -0.1) is 0 Å². The van der Waals surface area contributed by atoms with Gasteiger partial charge in [0.15, 0.2) is 0 Å². The first-order valence-electron chi connectivity index (χ1n) is 7.26. The molecule has 1 heterocycles. The molecule has 2 fully saturated rings. The van der Waals surface area contributed by atoms with Gasteiger partial charge in [-0.05, 0) is 38.1 Å². The Morgan fingerprint density at radius 3 is 2.71 bits per heavy atom. The number of nitrogens with one attached hydrogen (secondary N) is 1. The van der Waals surface area contributed by atoms with E-state index in [0.29, 0.717) is 12.5 Å². The van der Waals surface area contributed by atoms with Crippen LogP contribution in [0.5, 0.6) is 0 Å². The zero-order chi connectivity index (χ0) is 12.1. The molecular weight excluding hydrogens is 212 g/mol. The molecule has 1 unspecified atom stereocenters. The van der Waals surface area contributed by atoms with Gasteiger partial charge < -0.3 is 10.2 Å². The number of rotatable bonds is 4. The predicted molar refractivity (Wildman–Crippen MR) is 69.9 cm³/mol. The van der Waals surface area contributed by atoms with Crippen molar-refractivity contribution in [3.05, 3.63) is 0 Å². The van der Waals surface area contributed by atoms with Crippen LogP contribution in [0.2, 0.25) is 0 Å². The first kappa shape index (κ1) is 12.9. The maximum atomic E-state index is 11.8. The number of carbonyl (C=O) groups excluding carboxylic acids is 1. The van der Waals surface area contributed by atoms with Crippen molar-refractivity contribution in [3.8, 4) is 0 Å². The predicted octanol–water partition coefficient (Wildman–Crippen LogP) is 2.17. The minimum absolute atomic E-state index is 0.259. The molecule has 0 aromatic heterocycles. The van der Waals surface area contributed by atoms with Gasteiger partial charge in [-0.1, -0.05) is 19.8 Å². The Balaban J connectivity index is 1.61. The summed E-state index contributed by atoms with van der Waals surface area (Å²) in [5.74, 6) is 1.07. The van der Waals surface area contributed by atoms with Crippen molar-refractivity contribution in [1.82, 2.24) is 10.2 Å². The first-order chi connectivity index (χ1) is 8.24. The van der Waals surface area contributed by atoms with Crippen LogP contribution in [0, 0.1) is 5.92 Å². The molecule has 98 valence electrons. The van der Waals surface area contributed by atoms with Crippen LogP contribution < -0.4 is 5.32 Å². The lowest BCUT2D eigenvalue weighted by atomic mass is 10.0. The molecule has 3 heteroatoms. The van der Waals surface area contributed by atoms with Gasteiger partial charge in [-0.2, -0.15) is 0 Å². The second-order valence-corrected chi connectivity index (χ2v) is 5.85. The summed E-state index contributed by atoms with van der Waals surface area (Å²) in [5, 5.41) is 3.16. The minimum atomic E-state index is 0.259. The van der Waals surface area contributed by atoms with Crippen molar-refractivity contribution in [2.24, 2.45) is 5.92 Å². The zero-order valence-electron chi connectivity index (χ0n) is 11.1. The monoisotopic (exact) mass is 238 g/mol. The normalized spacial score (nSPS) is 27.2. The molecular formula is C14H26N2O. The number of carbonyl (C=O) groups is 1. The van der Waals surface area contributed by atoms with Crippen LogP contribution in [0.25, 0.3) is 0 Å².